The fraction of sp³-hybridized carbons (Fsp3) is 0.417. The van der Waals surface area contributed by atoms with E-state index >= 15 is 0 Å². The van der Waals surface area contributed by atoms with Gasteiger partial charge in [-0.05, 0) is 18.9 Å². The highest BCUT2D eigenvalue weighted by Gasteiger charge is 2.24. The number of amides is 1. The smallest absolute Gasteiger partial charge is 0.407 e. The number of nitrogens with zero attached hydrogens (tertiary/aromatic N) is 1. The van der Waals surface area contributed by atoms with Gasteiger partial charge in [0.1, 0.15) is 17.7 Å². The maximum atomic E-state index is 13.1. The van der Waals surface area contributed by atoms with E-state index < -0.39 is 11.9 Å². The van der Waals surface area contributed by atoms with Crippen LogP contribution < -0.4 is 10.5 Å². The summed E-state index contributed by atoms with van der Waals surface area (Å²) in [4.78, 5) is 12.2. The van der Waals surface area contributed by atoms with Gasteiger partial charge in [0.25, 0.3) is 0 Å². The molecular weight excluding hydrogens is 239 g/mol. The Balaban J connectivity index is 2.02. The first-order chi connectivity index (χ1) is 8.54. The third-order valence-corrected chi connectivity index (χ3v) is 2.85. The van der Waals surface area contributed by atoms with Gasteiger partial charge in [-0.1, -0.05) is 0 Å². The van der Waals surface area contributed by atoms with Crippen molar-refractivity contribution in [2.24, 2.45) is 0 Å². The lowest BCUT2D eigenvalue weighted by Gasteiger charge is -2.31. The lowest BCUT2D eigenvalue weighted by atomic mass is 10.1. The number of benzene rings is 1. The van der Waals surface area contributed by atoms with Crippen LogP contribution in [0.4, 0.5) is 14.9 Å². The number of halogens is 1. The van der Waals surface area contributed by atoms with E-state index in [-0.39, 0.29) is 11.8 Å². The topological polar surface area (TPSA) is 75.8 Å². The Kier molecular flexibility index (Phi) is 3.55. The first kappa shape index (κ1) is 12.5. The molecule has 2 rings (SSSR count). The Bertz CT molecular complexity index is 433. The van der Waals surface area contributed by atoms with Crippen LogP contribution >= 0.6 is 0 Å². The van der Waals surface area contributed by atoms with Gasteiger partial charge in [-0.15, -0.1) is 0 Å². The second-order valence-electron chi connectivity index (χ2n) is 4.33. The van der Waals surface area contributed by atoms with Gasteiger partial charge in [0.15, 0.2) is 0 Å². The monoisotopic (exact) mass is 254 g/mol. The number of piperidine rings is 1. The fourth-order valence-electron chi connectivity index (χ4n) is 2.05. The molecular formula is C12H15FN2O3. The molecule has 1 aromatic rings. The summed E-state index contributed by atoms with van der Waals surface area (Å²) in [6.07, 6.45) is 0.278. The van der Waals surface area contributed by atoms with Crippen LogP contribution in [0.2, 0.25) is 0 Å². The molecule has 0 spiro atoms. The van der Waals surface area contributed by atoms with E-state index in [9.17, 15) is 9.18 Å². The minimum atomic E-state index is -0.956. The lowest BCUT2D eigenvalue weighted by Crippen LogP contribution is -2.43. The highest BCUT2D eigenvalue weighted by molar-refractivity contribution is 5.65. The normalized spacial score (nSPS) is 19.6. The van der Waals surface area contributed by atoms with E-state index in [2.05, 4.69) is 0 Å². The minimum Gasteiger partial charge on any atom is -0.488 e. The minimum absolute atomic E-state index is 0.254. The van der Waals surface area contributed by atoms with Gasteiger partial charge in [0, 0.05) is 24.4 Å². The van der Waals surface area contributed by atoms with Crippen LogP contribution in [0, 0.1) is 5.82 Å². The highest BCUT2D eigenvalue weighted by Crippen LogP contribution is 2.22. The second kappa shape index (κ2) is 5.12. The average Bonchev–Trinajstić information content (AvgIpc) is 2.27. The van der Waals surface area contributed by atoms with Crippen molar-refractivity contribution >= 4 is 11.8 Å². The molecule has 1 amide bonds. The van der Waals surface area contributed by atoms with E-state index in [1.54, 1.807) is 0 Å². The molecule has 0 radical (unpaired) electrons. The second-order valence-corrected chi connectivity index (χ2v) is 4.33. The molecule has 0 aromatic heterocycles. The first-order valence-corrected chi connectivity index (χ1v) is 5.75. The molecule has 18 heavy (non-hydrogen) atoms. The quantitative estimate of drug-likeness (QED) is 0.791. The molecule has 1 aliphatic rings. The fourth-order valence-corrected chi connectivity index (χ4v) is 2.05. The number of carbonyl (C=O) groups is 1. The van der Waals surface area contributed by atoms with E-state index in [1.165, 1.54) is 23.1 Å². The molecule has 1 saturated heterocycles. The molecule has 1 fully saturated rings. The zero-order valence-corrected chi connectivity index (χ0v) is 9.80. The molecule has 1 aromatic carbocycles. The van der Waals surface area contributed by atoms with E-state index in [4.69, 9.17) is 15.6 Å². The largest absolute Gasteiger partial charge is 0.488 e. The first-order valence-electron chi connectivity index (χ1n) is 5.75. The van der Waals surface area contributed by atoms with Gasteiger partial charge < -0.3 is 20.5 Å². The zero-order valence-electron chi connectivity index (χ0n) is 9.80. The summed E-state index contributed by atoms with van der Waals surface area (Å²) in [7, 11) is 0. The third kappa shape index (κ3) is 3.03. The lowest BCUT2D eigenvalue weighted by molar-refractivity contribution is 0.0790. The van der Waals surface area contributed by atoms with Crippen LogP contribution in [0.25, 0.3) is 0 Å². The molecule has 1 unspecified atom stereocenters. The summed E-state index contributed by atoms with van der Waals surface area (Å²) in [6.45, 7) is 0.812. The van der Waals surface area contributed by atoms with Crippen molar-refractivity contribution in [3.05, 3.63) is 24.0 Å². The van der Waals surface area contributed by atoms with Gasteiger partial charge in [0.2, 0.25) is 0 Å². The van der Waals surface area contributed by atoms with Crippen LogP contribution in [0.1, 0.15) is 12.8 Å². The predicted molar refractivity (Wildman–Crippen MR) is 64.1 cm³/mol. The summed E-state index contributed by atoms with van der Waals surface area (Å²) in [5, 5.41) is 8.90. The van der Waals surface area contributed by atoms with Crippen LogP contribution in [-0.2, 0) is 0 Å². The maximum absolute atomic E-state index is 13.1. The van der Waals surface area contributed by atoms with Crippen LogP contribution in [-0.4, -0.2) is 35.3 Å². The molecule has 1 heterocycles. The van der Waals surface area contributed by atoms with Crippen LogP contribution in [0.15, 0.2) is 18.2 Å². The number of likely N-dealkylation sites (tertiary alicyclic amines) is 1. The third-order valence-electron chi connectivity index (χ3n) is 2.85. The summed E-state index contributed by atoms with van der Waals surface area (Å²) in [5.41, 5.74) is 5.80. The molecule has 0 saturated carbocycles. The van der Waals surface area contributed by atoms with Gasteiger partial charge in [0.05, 0.1) is 6.54 Å². The highest BCUT2D eigenvalue weighted by atomic mass is 19.1. The van der Waals surface area contributed by atoms with E-state index in [0.29, 0.717) is 18.8 Å². The van der Waals surface area contributed by atoms with Gasteiger partial charge in [-0.3, -0.25) is 0 Å². The molecule has 5 nitrogen and oxygen atoms in total. The number of nitrogen functional groups attached to an aromatic ring is 1. The molecule has 98 valence electrons. The van der Waals surface area contributed by atoms with Crippen LogP contribution in [0.3, 0.4) is 0 Å². The van der Waals surface area contributed by atoms with E-state index in [1.807, 2.05) is 0 Å². The van der Waals surface area contributed by atoms with Crippen molar-refractivity contribution in [2.75, 3.05) is 18.8 Å². The summed E-state index contributed by atoms with van der Waals surface area (Å²) in [5.74, 6) is -0.124. The number of anilines is 1. The molecule has 0 aliphatic carbocycles. The van der Waals surface area contributed by atoms with Crippen molar-refractivity contribution in [3.8, 4) is 5.75 Å². The van der Waals surface area contributed by atoms with Crippen LogP contribution in [0.5, 0.6) is 5.75 Å². The summed E-state index contributed by atoms with van der Waals surface area (Å²) in [6, 6.07) is 3.98. The molecule has 6 heteroatoms. The van der Waals surface area contributed by atoms with Crippen molar-refractivity contribution < 1.29 is 19.0 Å². The number of nitrogens with two attached hydrogens (primary N) is 1. The van der Waals surface area contributed by atoms with Crippen molar-refractivity contribution in [3.63, 3.8) is 0 Å². The molecule has 0 bridgehead atoms. The zero-order chi connectivity index (χ0) is 13.1. The number of rotatable bonds is 2. The van der Waals surface area contributed by atoms with Gasteiger partial charge >= 0.3 is 6.09 Å². The summed E-state index contributed by atoms with van der Waals surface area (Å²) >= 11 is 0. The number of hydrogen-bond acceptors (Lipinski definition) is 3. The van der Waals surface area contributed by atoms with Gasteiger partial charge in [-0.25, -0.2) is 9.18 Å². The number of hydrogen-bond donors (Lipinski definition) is 2. The Morgan fingerprint density at radius 2 is 2.28 bits per heavy atom. The Morgan fingerprint density at radius 1 is 1.50 bits per heavy atom. The number of ether oxygens (including phenoxy) is 1. The Labute approximate surface area is 104 Å². The SMILES string of the molecule is Nc1cc(F)cc(OC2CCCN(C(=O)O)C2)c1. The Morgan fingerprint density at radius 3 is 2.94 bits per heavy atom. The summed E-state index contributed by atoms with van der Waals surface area (Å²) < 4.78 is 18.7. The van der Waals surface area contributed by atoms with E-state index in [0.717, 1.165) is 12.8 Å². The molecule has 3 N–H and O–H groups in total. The predicted octanol–water partition coefficient (Wildman–Crippen LogP) is 1.93. The number of carboxylic acid groups (broad SMARTS) is 1. The average molecular weight is 254 g/mol. The van der Waals surface area contributed by atoms with Crippen molar-refractivity contribution in [2.45, 2.75) is 18.9 Å². The van der Waals surface area contributed by atoms with Crippen molar-refractivity contribution in [1.29, 1.82) is 0 Å². The van der Waals surface area contributed by atoms with Crippen molar-refractivity contribution in [1.82, 2.24) is 4.90 Å². The molecule has 1 aliphatic heterocycles. The maximum Gasteiger partial charge on any atom is 0.407 e. The Hall–Kier alpha value is -1.98. The molecule has 1 atom stereocenters. The standard InChI is InChI=1S/C12H15FN2O3/c13-8-4-9(14)6-11(5-8)18-10-2-1-3-15(7-10)12(16)17/h4-6,10H,1-3,7,14H2,(H,16,17). The van der Waals surface area contributed by atoms with Gasteiger partial charge in [-0.2, -0.15) is 0 Å².